The Labute approximate surface area is 294 Å². The normalized spacial score (nSPS) is 11.5. The summed E-state index contributed by atoms with van der Waals surface area (Å²) in [6, 6.07) is 60.7. The van der Waals surface area contributed by atoms with E-state index in [4.69, 9.17) is 19.4 Å². The Morgan fingerprint density at radius 2 is 0.980 bits per heavy atom. The lowest BCUT2D eigenvalue weighted by molar-refractivity contribution is 0.669. The molecule has 0 fully saturated rings. The van der Waals surface area contributed by atoms with Crippen molar-refractivity contribution in [2.45, 2.75) is 0 Å². The second-order valence-electron chi connectivity index (χ2n) is 12.8. The van der Waals surface area contributed by atoms with Gasteiger partial charge >= 0.3 is 0 Å². The lowest BCUT2D eigenvalue weighted by atomic mass is 9.95. The number of hydrogen-bond acceptors (Lipinski definition) is 4. The highest BCUT2D eigenvalue weighted by Crippen LogP contribution is 2.42. The van der Waals surface area contributed by atoms with Gasteiger partial charge in [0.15, 0.2) is 5.82 Å². The molecule has 0 bridgehead atoms. The molecule has 0 amide bonds. The average Bonchev–Trinajstić information content (AvgIpc) is 3.60. The highest BCUT2D eigenvalue weighted by Gasteiger charge is 2.19. The Morgan fingerprint density at radius 3 is 1.76 bits per heavy atom. The summed E-state index contributed by atoms with van der Waals surface area (Å²) in [6.45, 7) is 0. The van der Waals surface area contributed by atoms with Crippen molar-refractivity contribution < 1.29 is 4.42 Å². The Kier molecular flexibility index (Phi) is 6.78. The standard InChI is InChI=1S/C47H29N3O/c1-4-13-30(14-5-1)33-19-12-20-35(27-33)47-49-40(31-15-6-2-7-16-31)29-41(50-47)34-23-25-39-38(28-34)44-37(46(48-39)32-17-8-3-9-18-32)24-26-43-45(44)36-21-10-11-22-42(36)51-43/h1-29H. The highest BCUT2D eigenvalue weighted by atomic mass is 16.3. The predicted octanol–water partition coefficient (Wildman–Crippen LogP) is 12.4. The molecule has 0 unspecified atom stereocenters. The third-order valence-corrected chi connectivity index (χ3v) is 9.66. The van der Waals surface area contributed by atoms with E-state index >= 15 is 0 Å². The first-order valence-electron chi connectivity index (χ1n) is 17.1. The zero-order chi connectivity index (χ0) is 33.7. The number of nitrogens with zero attached hydrogens (tertiary/aromatic N) is 3. The first-order chi connectivity index (χ1) is 25.3. The molecule has 4 nitrogen and oxygen atoms in total. The van der Waals surface area contributed by atoms with Crippen molar-refractivity contribution in [3.05, 3.63) is 176 Å². The number of hydrogen-bond donors (Lipinski definition) is 0. The number of para-hydroxylation sites is 1. The van der Waals surface area contributed by atoms with Crippen LogP contribution in [-0.2, 0) is 0 Å². The molecule has 0 saturated carbocycles. The van der Waals surface area contributed by atoms with Crippen LogP contribution in [0.15, 0.2) is 180 Å². The first-order valence-corrected chi connectivity index (χ1v) is 17.1. The fraction of sp³-hybridized carbons (Fsp3) is 0. The van der Waals surface area contributed by atoms with Gasteiger partial charge in [-0.1, -0.05) is 133 Å². The lowest BCUT2D eigenvalue weighted by Crippen LogP contribution is -1.97. The molecule has 0 aliphatic heterocycles. The van der Waals surface area contributed by atoms with Gasteiger partial charge in [0.2, 0.25) is 0 Å². The molecule has 0 aliphatic rings. The van der Waals surface area contributed by atoms with Crippen LogP contribution in [-0.4, -0.2) is 15.0 Å². The van der Waals surface area contributed by atoms with Crippen molar-refractivity contribution in [2.75, 3.05) is 0 Å². The maximum atomic E-state index is 6.40. The van der Waals surface area contributed by atoms with E-state index < -0.39 is 0 Å². The van der Waals surface area contributed by atoms with Gasteiger partial charge < -0.3 is 4.42 Å². The topological polar surface area (TPSA) is 51.8 Å². The van der Waals surface area contributed by atoms with Gasteiger partial charge in [-0.2, -0.15) is 0 Å². The summed E-state index contributed by atoms with van der Waals surface area (Å²) in [6.07, 6.45) is 0. The molecule has 0 aliphatic carbocycles. The van der Waals surface area contributed by atoms with Crippen molar-refractivity contribution in [1.29, 1.82) is 0 Å². The average molecular weight is 652 g/mol. The summed E-state index contributed by atoms with van der Waals surface area (Å²) >= 11 is 0. The zero-order valence-electron chi connectivity index (χ0n) is 27.5. The predicted molar refractivity (Wildman–Crippen MR) is 209 cm³/mol. The summed E-state index contributed by atoms with van der Waals surface area (Å²) in [5.41, 5.74) is 11.6. The van der Waals surface area contributed by atoms with Crippen LogP contribution < -0.4 is 0 Å². The minimum absolute atomic E-state index is 0.676. The van der Waals surface area contributed by atoms with Crippen molar-refractivity contribution in [2.24, 2.45) is 0 Å². The van der Waals surface area contributed by atoms with Crippen molar-refractivity contribution in [3.63, 3.8) is 0 Å². The monoisotopic (exact) mass is 651 g/mol. The van der Waals surface area contributed by atoms with Gasteiger partial charge in [0, 0.05) is 49.2 Å². The van der Waals surface area contributed by atoms with Crippen LogP contribution in [0.4, 0.5) is 0 Å². The summed E-state index contributed by atoms with van der Waals surface area (Å²) in [4.78, 5) is 15.6. The Bertz CT molecular complexity index is 2900. The molecule has 10 aromatic rings. The van der Waals surface area contributed by atoms with Gasteiger partial charge in [-0.05, 0) is 53.6 Å². The number of rotatable bonds is 5. The molecule has 7 aromatic carbocycles. The number of fused-ring (bicyclic) bond motifs is 7. The fourth-order valence-corrected chi connectivity index (χ4v) is 7.23. The van der Waals surface area contributed by atoms with E-state index in [1.54, 1.807) is 0 Å². The largest absolute Gasteiger partial charge is 0.456 e. The van der Waals surface area contributed by atoms with Gasteiger partial charge in [0.05, 0.1) is 22.6 Å². The molecule has 238 valence electrons. The van der Waals surface area contributed by atoms with E-state index in [9.17, 15) is 0 Å². The summed E-state index contributed by atoms with van der Waals surface area (Å²) in [7, 11) is 0. The van der Waals surface area contributed by atoms with Gasteiger partial charge in [-0.3, -0.25) is 0 Å². The quantitative estimate of drug-likeness (QED) is 0.174. The number of benzene rings is 7. The first kappa shape index (κ1) is 29.0. The molecule has 3 aromatic heterocycles. The summed E-state index contributed by atoms with van der Waals surface area (Å²) in [5, 5.41) is 5.43. The molecule has 10 rings (SSSR count). The van der Waals surface area contributed by atoms with Crippen molar-refractivity contribution in [1.82, 2.24) is 15.0 Å². The van der Waals surface area contributed by atoms with Gasteiger partial charge in [0.25, 0.3) is 0 Å². The molecule has 0 atom stereocenters. The van der Waals surface area contributed by atoms with Crippen LogP contribution in [0.25, 0.3) is 99.9 Å². The molecule has 0 radical (unpaired) electrons. The molecule has 0 N–H and O–H groups in total. The maximum absolute atomic E-state index is 6.40. The minimum Gasteiger partial charge on any atom is -0.456 e. The second kappa shape index (κ2) is 11.9. The second-order valence-corrected chi connectivity index (χ2v) is 12.8. The molecule has 3 heterocycles. The van der Waals surface area contributed by atoms with E-state index in [1.165, 1.54) is 0 Å². The van der Waals surface area contributed by atoms with E-state index in [0.29, 0.717) is 5.82 Å². The van der Waals surface area contributed by atoms with Crippen LogP contribution >= 0.6 is 0 Å². The van der Waals surface area contributed by atoms with Crippen molar-refractivity contribution in [3.8, 4) is 56.3 Å². The fourth-order valence-electron chi connectivity index (χ4n) is 7.23. The smallest absolute Gasteiger partial charge is 0.160 e. The van der Waals surface area contributed by atoms with E-state index in [0.717, 1.165) is 94.1 Å². The molecule has 0 saturated heterocycles. The van der Waals surface area contributed by atoms with Gasteiger partial charge in [0.1, 0.15) is 11.2 Å². The van der Waals surface area contributed by atoms with E-state index in [2.05, 4.69) is 133 Å². The Morgan fingerprint density at radius 1 is 0.333 bits per heavy atom. The van der Waals surface area contributed by atoms with Crippen LogP contribution in [0.5, 0.6) is 0 Å². The number of furan rings is 1. The van der Waals surface area contributed by atoms with Gasteiger partial charge in [-0.25, -0.2) is 15.0 Å². The number of aromatic nitrogens is 3. The lowest BCUT2D eigenvalue weighted by Gasteiger charge is -2.14. The summed E-state index contributed by atoms with van der Waals surface area (Å²) in [5.74, 6) is 0.676. The van der Waals surface area contributed by atoms with E-state index in [-0.39, 0.29) is 0 Å². The zero-order valence-corrected chi connectivity index (χ0v) is 27.5. The van der Waals surface area contributed by atoms with Crippen LogP contribution in [0, 0.1) is 0 Å². The van der Waals surface area contributed by atoms with Crippen molar-refractivity contribution >= 4 is 43.6 Å². The van der Waals surface area contributed by atoms with E-state index in [1.807, 2.05) is 42.5 Å². The van der Waals surface area contributed by atoms with Crippen LogP contribution in [0.2, 0.25) is 0 Å². The highest BCUT2D eigenvalue weighted by molar-refractivity contribution is 6.28. The molecular weight excluding hydrogens is 623 g/mol. The van der Waals surface area contributed by atoms with Gasteiger partial charge in [-0.15, -0.1) is 0 Å². The summed E-state index contributed by atoms with van der Waals surface area (Å²) < 4.78 is 6.40. The molecular formula is C47H29N3O. The molecule has 0 spiro atoms. The molecule has 4 heteroatoms. The Hall–Kier alpha value is -6.91. The Balaban J connectivity index is 1.24. The minimum atomic E-state index is 0.676. The third-order valence-electron chi connectivity index (χ3n) is 9.66. The molecule has 51 heavy (non-hydrogen) atoms. The van der Waals surface area contributed by atoms with Crippen LogP contribution in [0.1, 0.15) is 0 Å². The maximum Gasteiger partial charge on any atom is 0.160 e. The number of pyridine rings is 1. The van der Waals surface area contributed by atoms with Crippen LogP contribution in [0.3, 0.4) is 0 Å². The SMILES string of the molecule is c1ccc(-c2cccc(-c3nc(-c4ccccc4)cc(-c4ccc5nc(-c6ccccc6)c6ccc7oc8ccccc8c7c6c5c4)n3)c2)cc1. The third kappa shape index (κ3) is 5.04.